The smallest absolute Gasteiger partial charge is 0.123 e. The SMILES string of the molecule is CCCNC(CCc1cccs1)c1ncc[nH]1. The van der Waals surface area contributed by atoms with Crippen LogP contribution in [0.5, 0.6) is 0 Å². The van der Waals surface area contributed by atoms with E-state index in [0.717, 1.165) is 31.6 Å². The number of aromatic amines is 1. The van der Waals surface area contributed by atoms with E-state index in [1.807, 2.05) is 23.7 Å². The molecule has 1 atom stereocenters. The minimum atomic E-state index is 0.340. The Labute approximate surface area is 106 Å². The molecule has 0 amide bonds. The summed E-state index contributed by atoms with van der Waals surface area (Å²) < 4.78 is 0. The average molecular weight is 249 g/mol. The maximum Gasteiger partial charge on any atom is 0.123 e. The maximum absolute atomic E-state index is 4.35. The van der Waals surface area contributed by atoms with E-state index in [1.54, 1.807) is 0 Å². The largest absolute Gasteiger partial charge is 0.347 e. The molecular weight excluding hydrogens is 230 g/mol. The van der Waals surface area contributed by atoms with Crippen molar-refractivity contribution in [3.05, 3.63) is 40.6 Å². The van der Waals surface area contributed by atoms with Crippen LogP contribution in [0.2, 0.25) is 0 Å². The molecule has 17 heavy (non-hydrogen) atoms. The molecule has 2 aromatic rings. The van der Waals surface area contributed by atoms with E-state index in [4.69, 9.17) is 0 Å². The molecule has 4 heteroatoms. The topological polar surface area (TPSA) is 40.7 Å². The van der Waals surface area contributed by atoms with Gasteiger partial charge >= 0.3 is 0 Å². The number of aromatic nitrogens is 2. The first kappa shape index (κ1) is 12.3. The number of aryl methyl sites for hydroxylation is 1. The van der Waals surface area contributed by atoms with Gasteiger partial charge in [-0.1, -0.05) is 13.0 Å². The van der Waals surface area contributed by atoms with Gasteiger partial charge in [-0.25, -0.2) is 4.98 Å². The predicted molar refractivity (Wildman–Crippen MR) is 72.3 cm³/mol. The second kappa shape index (κ2) is 6.57. The van der Waals surface area contributed by atoms with Crippen molar-refractivity contribution in [2.45, 2.75) is 32.2 Å². The van der Waals surface area contributed by atoms with Crippen LogP contribution in [0, 0.1) is 0 Å². The Bertz CT molecular complexity index is 394. The van der Waals surface area contributed by atoms with E-state index in [1.165, 1.54) is 4.88 Å². The van der Waals surface area contributed by atoms with E-state index in [2.05, 4.69) is 39.7 Å². The fourth-order valence-corrected chi connectivity index (χ4v) is 2.59. The number of nitrogens with one attached hydrogen (secondary N) is 2. The van der Waals surface area contributed by atoms with Crippen LogP contribution in [0.3, 0.4) is 0 Å². The third kappa shape index (κ3) is 3.68. The highest BCUT2D eigenvalue weighted by Gasteiger charge is 2.12. The Morgan fingerprint density at radius 3 is 3.12 bits per heavy atom. The van der Waals surface area contributed by atoms with Crippen LogP contribution in [0.1, 0.15) is 36.5 Å². The lowest BCUT2D eigenvalue weighted by Crippen LogP contribution is -2.23. The number of thiophene rings is 1. The lowest BCUT2D eigenvalue weighted by molar-refractivity contribution is 0.481. The van der Waals surface area contributed by atoms with Gasteiger partial charge in [-0.2, -0.15) is 0 Å². The van der Waals surface area contributed by atoms with Crippen molar-refractivity contribution in [2.75, 3.05) is 6.54 Å². The zero-order valence-corrected chi connectivity index (χ0v) is 11.0. The van der Waals surface area contributed by atoms with Crippen molar-refractivity contribution in [3.8, 4) is 0 Å². The van der Waals surface area contributed by atoms with Crippen LogP contribution in [-0.2, 0) is 6.42 Å². The Morgan fingerprint density at radius 2 is 2.47 bits per heavy atom. The summed E-state index contributed by atoms with van der Waals surface area (Å²) in [6.45, 7) is 3.22. The Hall–Kier alpha value is -1.13. The van der Waals surface area contributed by atoms with Crippen molar-refractivity contribution in [3.63, 3.8) is 0 Å². The molecule has 0 aromatic carbocycles. The molecule has 2 N–H and O–H groups in total. The molecule has 0 radical (unpaired) electrons. The average Bonchev–Trinajstić information content (AvgIpc) is 3.01. The minimum absolute atomic E-state index is 0.340. The monoisotopic (exact) mass is 249 g/mol. The van der Waals surface area contributed by atoms with E-state index in [0.29, 0.717) is 6.04 Å². The van der Waals surface area contributed by atoms with Gasteiger partial charge in [0.15, 0.2) is 0 Å². The summed E-state index contributed by atoms with van der Waals surface area (Å²) in [5.41, 5.74) is 0. The second-order valence-electron chi connectivity index (χ2n) is 4.10. The van der Waals surface area contributed by atoms with Crippen molar-refractivity contribution in [1.82, 2.24) is 15.3 Å². The fourth-order valence-electron chi connectivity index (χ4n) is 1.86. The standard InChI is InChI=1S/C13H19N3S/c1-2-7-14-12(13-15-8-9-16-13)6-5-11-4-3-10-17-11/h3-4,8-10,12,14H,2,5-7H2,1H3,(H,15,16). The number of nitrogens with zero attached hydrogens (tertiary/aromatic N) is 1. The quantitative estimate of drug-likeness (QED) is 0.791. The molecule has 3 nitrogen and oxygen atoms in total. The molecule has 0 aliphatic rings. The van der Waals surface area contributed by atoms with Crippen LogP contribution in [0.15, 0.2) is 29.9 Å². The molecule has 0 spiro atoms. The van der Waals surface area contributed by atoms with Crippen molar-refractivity contribution >= 4 is 11.3 Å². The van der Waals surface area contributed by atoms with E-state index in [9.17, 15) is 0 Å². The third-order valence-electron chi connectivity index (χ3n) is 2.75. The second-order valence-corrected chi connectivity index (χ2v) is 5.13. The summed E-state index contributed by atoms with van der Waals surface area (Å²) >= 11 is 1.83. The fraction of sp³-hybridized carbons (Fsp3) is 0.462. The van der Waals surface area contributed by atoms with Crippen molar-refractivity contribution in [1.29, 1.82) is 0 Å². The molecule has 2 rings (SSSR count). The summed E-state index contributed by atoms with van der Waals surface area (Å²) in [6, 6.07) is 4.65. The first-order chi connectivity index (χ1) is 8.40. The van der Waals surface area contributed by atoms with Gasteiger partial charge in [0.05, 0.1) is 6.04 Å². The molecule has 0 bridgehead atoms. The van der Waals surface area contributed by atoms with Crippen LogP contribution in [0.4, 0.5) is 0 Å². The van der Waals surface area contributed by atoms with Gasteiger partial charge in [0.1, 0.15) is 5.82 Å². The zero-order chi connectivity index (χ0) is 11.9. The molecule has 0 aliphatic carbocycles. The van der Waals surface area contributed by atoms with Crippen molar-refractivity contribution in [2.24, 2.45) is 0 Å². The first-order valence-electron chi connectivity index (χ1n) is 6.15. The molecule has 0 saturated carbocycles. The molecule has 0 saturated heterocycles. The number of H-pyrrole nitrogens is 1. The molecule has 92 valence electrons. The van der Waals surface area contributed by atoms with Gasteiger partial charge < -0.3 is 10.3 Å². The lowest BCUT2D eigenvalue weighted by atomic mass is 10.1. The van der Waals surface area contributed by atoms with Crippen LogP contribution >= 0.6 is 11.3 Å². The predicted octanol–water partition coefficient (Wildman–Crippen LogP) is 3.14. The van der Waals surface area contributed by atoms with Gasteiger partial charge in [0.25, 0.3) is 0 Å². The normalized spacial score (nSPS) is 12.8. The van der Waals surface area contributed by atoms with E-state index < -0.39 is 0 Å². The summed E-state index contributed by atoms with van der Waals surface area (Å²) in [6.07, 6.45) is 7.06. The molecule has 2 heterocycles. The maximum atomic E-state index is 4.35. The number of hydrogen-bond acceptors (Lipinski definition) is 3. The van der Waals surface area contributed by atoms with Crippen LogP contribution < -0.4 is 5.32 Å². The van der Waals surface area contributed by atoms with Crippen molar-refractivity contribution < 1.29 is 0 Å². The summed E-state index contributed by atoms with van der Waals surface area (Å²) in [4.78, 5) is 9.01. The molecule has 1 unspecified atom stereocenters. The van der Waals surface area contributed by atoms with Crippen LogP contribution in [0.25, 0.3) is 0 Å². The van der Waals surface area contributed by atoms with E-state index >= 15 is 0 Å². The van der Waals surface area contributed by atoms with Gasteiger partial charge in [0, 0.05) is 17.3 Å². The van der Waals surface area contributed by atoms with Gasteiger partial charge in [0.2, 0.25) is 0 Å². The highest BCUT2D eigenvalue weighted by atomic mass is 32.1. The Kier molecular flexibility index (Phi) is 4.76. The number of rotatable bonds is 7. The van der Waals surface area contributed by atoms with Gasteiger partial charge in [-0.3, -0.25) is 0 Å². The number of imidazole rings is 1. The lowest BCUT2D eigenvalue weighted by Gasteiger charge is -2.15. The summed E-state index contributed by atoms with van der Waals surface area (Å²) in [5, 5.41) is 5.68. The summed E-state index contributed by atoms with van der Waals surface area (Å²) in [5.74, 6) is 1.05. The molecular formula is C13H19N3S. The highest BCUT2D eigenvalue weighted by Crippen LogP contribution is 2.18. The highest BCUT2D eigenvalue weighted by molar-refractivity contribution is 7.09. The first-order valence-corrected chi connectivity index (χ1v) is 7.03. The summed E-state index contributed by atoms with van der Waals surface area (Å²) in [7, 11) is 0. The van der Waals surface area contributed by atoms with Crippen LogP contribution in [-0.4, -0.2) is 16.5 Å². The molecule has 0 aliphatic heterocycles. The number of hydrogen-bond donors (Lipinski definition) is 2. The Balaban J connectivity index is 1.91. The minimum Gasteiger partial charge on any atom is -0.347 e. The zero-order valence-electron chi connectivity index (χ0n) is 10.1. The Morgan fingerprint density at radius 1 is 1.53 bits per heavy atom. The van der Waals surface area contributed by atoms with Gasteiger partial charge in [-0.15, -0.1) is 11.3 Å². The molecule has 2 aromatic heterocycles. The third-order valence-corrected chi connectivity index (χ3v) is 3.69. The molecule has 0 fully saturated rings. The van der Waals surface area contributed by atoms with Gasteiger partial charge in [-0.05, 0) is 37.3 Å². The van der Waals surface area contributed by atoms with E-state index in [-0.39, 0.29) is 0 Å².